The molecule has 2 aromatic carbocycles. The fraction of sp³-hybridized carbons (Fsp3) is 0.250. The molecule has 130 valence electrons. The topological polar surface area (TPSA) is 67.2 Å². The van der Waals surface area contributed by atoms with E-state index in [1.165, 1.54) is 18.2 Å². The second-order valence-corrected chi connectivity index (χ2v) is 7.59. The van der Waals surface area contributed by atoms with Crippen LogP contribution in [0.4, 0.5) is 0 Å². The summed E-state index contributed by atoms with van der Waals surface area (Å²) in [7, 11) is -3.86. The van der Waals surface area contributed by atoms with Gasteiger partial charge >= 0.3 is 0 Å². The Kier molecular flexibility index (Phi) is 6.37. The van der Waals surface area contributed by atoms with Crippen molar-refractivity contribution in [1.29, 1.82) is 5.26 Å². The molecular weight excluding hydrogens is 334 g/mol. The van der Waals surface area contributed by atoms with Gasteiger partial charge in [-0.1, -0.05) is 49.2 Å². The summed E-state index contributed by atoms with van der Waals surface area (Å²) in [6.07, 6.45) is 3.28. The first kappa shape index (κ1) is 18.8. The molecule has 0 unspecified atom stereocenters. The highest BCUT2D eigenvalue weighted by atomic mass is 32.2. The summed E-state index contributed by atoms with van der Waals surface area (Å²) in [5.74, 6) is 0.572. The smallest absolute Gasteiger partial charge is 0.216 e. The number of sulfone groups is 1. The number of para-hydroxylation sites is 1. The minimum Gasteiger partial charge on any atom is -0.493 e. The molecule has 0 aliphatic carbocycles. The lowest BCUT2D eigenvalue weighted by Crippen LogP contribution is -2.04. The van der Waals surface area contributed by atoms with Gasteiger partial charge in [0.1, 0.15) is 16.7 Å². The van der Waals surface area contributed by atoms with Crippen molar-refractivity contribution in [3.8, 4) is 11.8 Å². The van der Waals surface area contributed by atoms with Gasteiger partial charge in [-0.05, 0) is 37.6 Å². The number of ether oxygens (including phenoxy) is 1. The van der Waals surface area contributed by atoms with E-state index < -0.39 is 9.84 Å². The molecule has 0 aromatic heterocycles. The summed E-state index contributed by atoms with van der Waals surface area (Å²) in [4.78, 5) is -0.196. The number of nitriles is 1. The number of nitrogens with zero attached hydrogens (tertiary/aromatic N) is 1. The Morgan fingerprint density at radius 3 is 2.48 bits per heavy atom. The van der Waals surface area contributed by atoms with Crippen LogP contribution < -0.4 is 4.74 Å². The molecular formula is C20H21NO3S. The zero-order valence-electron chi connectivity index (χ0n) is 14.4. The Labute approximate surface area is 149 Å². The molecule has 2 rings (SSSR count). The predicted molar refractivity (Wildman–Crippen MR) is 98.8 cm³/mol. The predicted octanol–water partition coefficient (Wildman–Crippen LogP) is 4.51. The van der Waals surface area contributed by atoms with Crippen molar-refractivity contribution in [3.63, 3.8) is 0 Å². The number of hydrogen-bond acceptors (Lipinski definition) is 4. The van der Waals surface area contributed by atoms with Gasteiger partial charge in [-0.2, -0.15) is 5.26 Å². The average molecular weight is 355 g/mol. The van der Waals surface area contributed by atoms with Gasteiger partial charge in [0.2, 0.25) is 9.84 Å². The largest absolute Gasteiger partial charge is 0.493 e. The van der Waals surface area contributed by atoms with E-state index in [2.05, 4.69) is 6.92 Å². The molecule has 0 bridgehead atoms. The maximum atomic E-state index is 12.7. The van der Waals surface area contributed by atoms with Crippen LogP contribution in [0.1, 0.15) is 30.9 Å². The van der Waals surface area contributed by atoms with Crippen molar-refractivity contribution in [3.05, 3.63) is 64.6 Å². The van der Waals surface area contributed by atoms with Crippen LogP contribution in [-0.2, 0) is 9.84 Å². The highest BCUT2D eigenvalue weighted by Gasteiger charge is 2.21. The van der Waals surface area contributed by atoms with E-state index in [0.29, 0.717) is 17.9 Å². The van der Waals surface area contributed by atoms with E-state index in [1.807, 2.05) is 19.1 Å². The lowest BCUT2D eigenvalue weighted by Gasteiger charge is -2.09. The van der Waals surface area contributed by atoms with E-state index >= 15 is 0 Å². The number of benzene rings is 2. The number of rotatable bonds is 7. The summed E-state index contributed by atoms with van der Waals surface area (Å²) in [6, 6.07) is 15.4. The first-order chi connectivity index (χ1) is 12.0. The lowest BCUT2D eigenvalue weighted by molar-refractivity contribution is 0.309. The molecule has 0 radical (unpaired) electrons. The molecule has 0 amide bonds. The molecule has 0 saturated heterocycles. The summed E-state index contributed by atoms with van der Waals surface area (Å²) in [6.45, 7) is 4.49. The molecule has 25 heavy (non-hydrogen) atoms. The van der Waals surface area contributed by atoms with E-state index in [-0.39, 0.29) is 9.80 Å². The summed E-state index contributed by atoms with van der Waals surface area (Å²) < 4.78 is 31.1. The average Bonchev–Trinajstić information content (AvgIpc) is 2.61. The Hall–Kier alpha value is -2.58. The highest BCUT2D eigenvalue weighted by molar-refractivity contribution is 7.95. The molecule has 0 aliphatic rings. The van der Waals surface area contributed by atoms with Crippen LogP contribution in [0.5, 0.6) is 5.75 Å². The van der Waals surface area contributed by atoms with Gasteiger partial charge in [0.15, 0.2) is 0 Å². The molecule has 2 aromatic rings. The molecule has 0 heterocycles. The molecule has 5 heteroatoms. The fourth-order valence-electron chi connectivity index (χ4n) is 2.21. The third-order valence-electron chi connectivity index (χ3n) is 3.69. The van der Waals surface area contributed by atoms with Crippen molar-refractivity contribution >= 4 is 15.9 Å². The number of hydrogen-bond donors (Lipinski definition) is 0. The van der Waals surface area contributed by atoms with Crippen LogP contribution >= 0.6 is 0 Å². The van der Waals surface area contributed by atoms with Crippen molar-refractivity contribution in [1.82, 2.24) is 0 Å². The van der Waals surface area contributed by atoms with E-state index in [0.717, 1.165) is 18.4 Å². The number of unbranched alkanes of at least 4 members (excludes halogenated alkanes) is 1. The van der Waals surface area contributed by atoms with Gasteiger partial charge in [0.05, 0.1) is 11.5 Å². The minimum absolute atomic E-state index is 0.107. The summed E-state index contributed by atoms with van der Waals surface area (Å²) in [5, 5.41) is 9.41. The minimum atomic E-state index is -3.86. The monoisotopic (exact) mass is 355 g/mol. The molecule has 0 N–H and O–H groups in total. The van der Waals surface area contributed by atoms with E-state index in [1.54, 1.807) is 30.3 Å². The number of aryl methyl sites for hydroxylation is 1. The van der Waals surface area contributed by atoms with Gasteiger partial charge in [-0.25, -0.2) is 8.42 Å². The lowest BCUT2D eigenvalue weighted by atomic mass is 10.2. The molecule has 0 spiro atoms. The first-order valence-electron chi connectivity index (χ1n) is 8.14. The molecule has 0 saturated carbocycles. The second kappa shape index (κ2) is 8.50. The van der Waals surface area contributed by atoms with Crippen LogP contribution in [0.25, 0.3) is 6.08 Å². The highest BCUT2D eigenvalue weighted by Crippen LogP contribution is 2.26. The van der Waals surface area contributed by atoms with Crippen molar-refractivity contribution < 1.29 is 13.2 Å². The Morgan fingerprint density at radius 2 is 1.84 bits per heavy atom. The zero-order chi connectivity index (χ0) is 18.3. The van der Waals surface area contributed by atoms with Crippen LogP contribution in [-0.4, -0.2) is 15.0 Å². The first-order valence-corrected chi connectivity index (χ1v) is 9.62. The molecule has 0 fully saturated rings. The SMILES string of the molecule is CCCCOc1ccccc1C=C(C#N)S(=O)(=O)c1ccc(C)cc1. The maximum Gasteiger partial charge on any atom is 0.216 e. The molecule has 4 nitrogen and oxygen atoms in total. The summed E-state index contributed by atoms with van der Waals surface area (Å²) >= 11 is 0. The Balaban J connectivity index is 2.41. The zero-order valence-corrected chi connectivity index (χ0v) is 15.2. The second-order valence-electron chi connectivity index (χ2n) is 5.68. The fourth-order valence-corrected chi connectivity index (χ4v) is 3.36. The van der Waals surface area contributed by atoms with Crippen LogP contribution in [0.15, 0.2) is 58.3 Å². The van der Waals surface area contributed by atoms with Gasteiger partial charge < -0.3 is 4.74 Å². The van der Waals surface area contributed by atoms with Gasteiger partial charge in [-0.3, -0.25) is 0 Å². The number of allylic oxidation sites excluding steroid dienone is 1. The van der Waals surface area contributed by atoms with Gasteiger partial charge in [-0.15, -0.1) is 0 Å². The Morgan fingerprint density at radius 1 is 1.16 bits per heavy atom. The van der Waals surface area contributed by atoms with Crippen LogP contribution in [0.3, 0.4) is 0 Å². The molecule has 0 aliphatic heterocycles. The standard InChI is InChI=1S/C20H21NO3S/c1-3-4-13-24-20-8-6-5-7-17(20)14-19(15-21)25(22,23)18-11-9-16(2)10-12-18/h5-12,14H,3-4,13H2,1-2H3. The van der Waals surface area contributed by atoms with Crippen LogP contribution in [0, 0.1) is 18.3 Å². The maximum absolute atomic E-state index is 12.7. The van der Waals surface area contributed by atoms with Crippen LogP contribution in [0.2, 0.25) is 0 Å². The quantitative estimate of drug-likeness (QED) is 0.541. The Bertz CT molecular complexity index is 891. The normalized spacial score (nSPS) is 11.8. The van der Waals surface area contributed by atoms with Crippen molar-refractivity contribution in [2.24, 2.45) is 0 Å². The molecule has 0 atom stereocenters. The summed E-state index contributed by atoms with van der Waals surface area (Å²) in [5.41, 5.74) is 1.53. The van der Waals surface area contributed by atoms with Crippen molar-refractivity contribution in [2.45, 2.75) is 31.6 Å². The third-order valence-corrected chi connectivity index (χ3v) is 5.37. The van der Waals surface area contributed by atoms with E-state index in [4.69, 9.17) is 4.74 Å². The van der Waals surface area contributed by atoms with E-state index in [9.17, 15) is 13.7 Å². The third kappa shape index (κ3) is 4.71. The van der Waals surface area contributed by atoms with Gasteiger partial charge in [0, 0.05) is 5.56 Å². The van der Waals surface area contributed by atoms with Gasteiger partial charge in [0.25, 0.3) is 0 Å². The van der Waals surface area contributed by atoms with Crippen molar-refractivity contribution in [2.75, 3.05) is 6.61 Å².